The summed E-state index contributed by atoms with van der Waals surface area (Å²) in [5.41, 5.74) is 0.298. The van der Waals surface area contributed by atoms with Gasteiger partial charge >= 0.3 is 5.97 Å². The first-order valence-electron chi connectivity index (χ1n) is 13.3. The van der Waals surface area contributed by atoms with E-state index in [9.17, 15) is 9.90 Å². The molecule has 4 bridgehead atoms. The first-order chi connectivity index (χ1) is 17.8. The lowest BCUT2D eigenvalue weighted by Gasteiger charge is -2.59. The molecule has 1 saturated heterocycles. The fourth-order valence-corrected chi connectivity index (χ4v) is 7.33. The lowest BCUT2D eigenvalue weighted by atomic mass is 9.52. The molecule has 0 aromatic carbocycles. The van der Waals surface area contributed by atoms with Gasteiger partial charge in [0.25, 0.3) is 0 Å². The van der Waals surface area contributed by atoms with E-state index in [0.717, 1.165) is 37.8 Å². The molecule has 3 heterocycles. The topological polar surface area (TPSA) is 125 Å². The molecular weight excluding hydrogens is 479 g/mol. The van der Waals surface area contributed by atoms with Crippen molar-refractivity contribution in [3.05, 3.63) is 23.3 Å². The zero-order valence-electron chi connectivity index (χ0n) is 21.4. The Morgan fingerprint density at radius 1 is 1.27 bits per heavy atom. The second kappa shape index (κ2) is 9.50. The molecule has 200 valence electrons. The fourth-order valence-electron chi connectivity index (χ4n) is 7.33. The smallest absolute Gasteiger partial charge is 0.309 e. The van der Waals surface area contributed by atoms with Gasteiger partial charge in [-0.1, -0.05) is 0 Å². The quantitative estimate of drug-likeness (QED) is 0.478. The van der Waals surface area contributed by atoms with Crippen LogP contribution in [0.4, 0.5) is 22.0 Å². The van der Waals surface area contributed by atoms with E-state index in [0.29, 0.717) is 55.6 Å². The summed E-state index contributed by atoms with van der Waals surface area (Å²) in [6, 6.07) is 1.93. The van der Waals surface area contributed by atoms with Crippen molar-refractivity contribution in [3.63, 3.8) is 0 Å². The van der Waals surface area contributed by atoms with E-state index in [1.165, 1.54) is 0 Å². The third-order valence-corrected chi connectivity index (χ3v) is 8.72. The van der Waals surface area contributed by atoms with Crippen LogP contribution in [0.1, 0.15) is 56.3 Å². The number of anilines is 3. The number of carbonyl (C=O) groups is 1. The molecule has 0 spiro atoms. The largest absolute Gasteiger partial charge is 0.459 e. The Hall–Kier alpha value is -2.79. The van der Waals surface area contributed by atoms with E-state index in [2.05, 4.69) is 25.5 Å². The Morgan fingerprint density at radius 2 is 2.00 bits per heavy atom. The average Bonchev–Trinajstić information content (AvgIpc) is 3.27. The van der Waals surface area contributed by atoms with Crippen LogP contribution >= 0.6 is 0 Å². The van der Waals surface area contributed by atoms with Crippen LogP contribution in [0.2, 0.25) is 0 Å². The molecule has 2 aromatic heterocycles. The Morgan fingerprint density at radius 3 is 2.65 bits per heavy atom. The van der Waals surface area contributed by atoms with Gasteiger partial charge in [-0.3, -0.25) is 9.89 Å². The molecule has 11 heteroatoms. The van der Waals surface area contributed by atoms with E-state index in [-0.39, 0.29) is 36.0 Å². The van der Waals surface area contributed by atoms with Crippen LogP contribution in [-0.2, 0) is 20.9 Å². The van der Waals surface area contributed by atoms with Crippen LogP contribution < -0.4 is 10.2 Å². The Labute approximate surface area is 215 Å². The van der Waals surface area contributed by atoms with Gasteiger partial charge in [0.15, 0.2) is 17.5 Å². The van der Waals surface area contributed by atoms with Gasteiger partial charge in [0.05, 0.1) is 11.5 Å². The van der Waals surface area contributed by atoms with Crippen LogP contribution in [0, 0.1) is 36.4 Å². The number of halogens is 1. The molecule has 4 saturated carbocycles. The molecule has 0 radical (unpaired) electrons. The first-order valence-corrected chi connectivity index (χ1v) is 13.3. The standard InChI is InChI=1S/C26H35FN6O4/c1-14-7-20(32-31-14)29-23-21(27)19(13-37-24(34)16-3-5-36-6-4-16)28-25(30-23)33(2)22-17-8-15-9-18(22)12-26(35,10-15)11-17/h7,15-18,22,35H,3-6,8-13H2,1-2H3,(H2,28,29,30,31,32). The molecule has 1 aliphatic heterocycles. The van der Waals surface area contributed by atoms with Crippen molar-refractivity contribution in [2.75, 3.05) is 30.5 Å². The summed E-state index contributed by atoms with van der Waals surface area (Å²) in [6.07, 6.45) is 5.84. The summed E-state index contributed by atoms with van der Waals surface area (Å²) in [6.45, 7) is 2.62. The normalized spacial score (nSPS) is 30.9. The third-order valence-electron chi connectivity index (χ3n) is 8.72. The predicted molar refractivity (Wildman–Crippen MR) is 133 cm³/mol. The maximum atomic E-state index is 15.6. The average molecular weight is 515 g/mol. The highest BCUT2D eigenvalue weighted by molar-refractivity contribution is 5.72. The lowest BCUT2D eigenvalue weighted by molar-refractivity contribution is -0.153. The molecule has 10 nitrogen and oxygen atoms in total. The highest BCUT2D eigenvalue weighted by atomic mass is 19.1. The molecule has 5 aliphatic rings. The number of H-pyrrole nitrogens is 1. The lowest BCUT2D eigenvalue weighted by Crippen LogP contribution is -2.61. The zero-order chi connectivity index (χ0) is 25.7. The van der Waals surface area contributed by atoms with Gasteiger partial charge in [0, 0.05) is 38.1 Å². The van der Waals surface area contributed by atoms with Gasteiger partial charge < -0.3 is 24.8 Å². The van der Waals surface area contributed by atoms with Crippen molar-refractivity contribution in [1.29, 1.82) is 0 Å². The van der Waals surface area contributed by atoms with Gasteiger partial charge in [-0.2, -0.15) is 10.1 Å². The SMILES string of the molecule is Cc1cc(Nc2nc(N(C)C3C4CC5CC3CC(O)(C5)C4)nc(COC(=O)C3CCOCC3)c2F)n[nH]1. The maximum Gasteiger partial charge on any atom is 0.309 e. The van der Waals surface area contributed by atoms with Gasteiger partial charge in [-0.05, 0) is 69.6 Å². The number of hydrogen-bond acceptors (Lipinski definition) is 9. The summed E-state index contributed by atoms with van der Waals surface area (Å²) in [4.78, 5) is 23.8. The van der Waals surface area contributed by atoms with E-state index in [1.54, 1.807) is 6.07 Å². The van der Waals surface area contributed by atoms with E-state index in [1.807, 2.05) is 18.9 Å². The van der Waals surface area contributed by atoms with Gasteiger partial charge in [0.1, 0.15) is 12.3 Å². The zero-order valence-corrected chi connectivity index (χ0v) is 21.4. The van der Waals surface area contributed by atoms with Crippen LogP contribution in [0.25, 0.3) is 0 Å². The molecule has 4 aliphatic carbocycles. The number of aliphatic hydroxyl groups is 1. The first kappa shape index (κ1) is 24.5. The molecule has 2 atom stereocenters. The molecule has 37 heavy (non-hydrogen) atoms. The molecule has 7 rings (SSSR count). The summed E-state index contributed by atoms with van der Waals surface area (Å²) < 4.78 is 26.4. The summed E-state index contributed by atoms with van der Waals surface area (Å²) in [5.74, 6) is 0.780. The number of esters is 1. The van der Waals surface area contributed by atoms with Crippen molar-refractivity contribution in [1.82, 2.24) is 20.2 Å². The van der Waals surface area contributed by atoms with Gasteiger partial charge in [0.2, 0.25) is 5.95 Å². The molecule has 2 unspecified atom stereocenters. The van der Waals surface area contributed by atoms with Crippen molar-refractivity contribution in [2.24, 2.45) is 23.7 Å². The molecule has 2 aromatic rings. The second-order valence-corrected chi connectivity index (χ2v) is 11.5. The second-order valence-electron chi connectivity index (χ2n) is 11.5. The van der Waals surface area contributed by atoms with Crippen molar-refractivity contribution in [2.45, 2.75) is 70.1 Å². The van der Waals surface area contributed by atoms with Gasteiger partial charge in [-0.25, -0.2) is 9.37 Å². The Kier molecular flexibility index (Phi) is 6.30. The fraction of sp³-hybridized carbons (Fsp3) is 0.692. The number of ether oxygens (including phenoxy) is 2. The predicted octanol–water partition coefficient (Wildman–Crippen LogP) is 3.24. The van der Waals surface area contributed by atoms with E-state index in [4.69, 9.17) is 9.47 Å². The number of rotatable bonds is 7. The minimum absolute atomic E-state index is 0.0112. The summed E-state index contributed by atoms with van der Waals surface area (Å²) in [7, 11) is 1.95. The number of nitrogens with zero attached hydrogens (tertiary/aromatic N) is 4. The molecule has 3 N–H and O–H groups in total. The molecular formula is C26H35FN6O4. The summed E-state index contributed by atoms with van der Waals surface area (Å²) in [5, 5.41) is 21.0. The number of aromatic amines is 1. The summed E-state index contributed by atoms with van der Waals surface area (Å²) >= 11 is 0. The van der Waals surface area contributed by atoms with E-state index >= 15 is 4.39 Å². The minimum atomic E-state index is -0.669. The minimum Gasteiger partial charge on any atom is -0.459 e. The Bertz CT molecular complexity index is 1150. The van der Waals surface area contributed by atoms with E-state index < -0.39 is 11.4 Å². The maximum absolute atomic E-state index is 15.6. The molecule has 0 amide bonds. The van der Waals surface area contributed by atoms with Crippen molar-refractivity contribution in [3.8, 4) is 0 Å². The van der Waals surface area contributed by atoms with Crippen LogP contribution in [0.15, 0.2) is 6.07 Å². The third kappa shape index (κ3) is 4.79. The number of carbonyl (C=O) groups excluding carboxylic acids is 1. The molecule has 5 fully saturated rings. The number of hydrogen-bond donors (Lipinski definition) is 3. The number of aromatic nitrogens is 4. The highest BCUT2D eigenvalue weighted by Gasteiger charge is 2.56. The van der Waals surface area contributed by atoms with Crippen LogP contribution in [0.5, 0.6) is 0 Å². The Balaban J connectivity index is 1.27. The van der Waals surface area contributed by atoms with Crippen LogP contribution in [-0.4, -0.2) is 63.1 Å². The van der Waals surface area contributed by atoms with Crippen LogP contribution in [0.3, 0.4) is 0 Å². The van der Waals surface area contributed by atoms with Crippen molar-refractivity contribution < 1.29 is 23.8 Å². The van der Waals surface area contributed by atoms with Gasteiger partial charge in [-0.15, -0.1) is 0 Å². The number of nitrogens with one attached hydrogen (secondary N) is 2. The highest BCUT2D eigenvalue weighted by Crippen LogP contribution is 2.57. The monoisotopic (exact) mass is 514 g/mol. The number of aryl methyl sites for hydroxylation is 1. The van der Waals surface area contributed by atoms with Crippen molar-refractivity contribution >= 4 is 23.6 Å².